The summed E-state index contributed by atoms with van der Waals surface area (Å²) in [5.74, 6) is 2.13. The average molecular weight is 292 g/mol. The SMILES string of the molecule is C[C@@H]1CN(C2CCN([C@@H]3C[C@H]4CC[C@H]3C4)CC2)C[C@@H](C)O1. The topological polar surface area (TPSA) is 15.7 Å². The lowest BCUT2D eigenvalue weighted by molar-refractivity contribution is -0.0879. The van der Waals surface area contributed by atoms with E-state index < -0.39 is 0 Å². The van der Waals surface area contributed by atoms with Crippen LogP contribution in [0.3, 0.4) is 0 Å². The van der Waals surface area contributed by atoms with Gasteiger partial charge in [-0.2, -0.15) is 0 Å². The number of piperidine rings is 1. The molecule has 2 saturated heterocycles. The Balaban J connectivity index is 1.30. The average Bonchev–Trinajstić information content (AvgIpc) is 3.09. The molecule has 3 nitrogen and oxygen atoms in total. The highest BCUT2D eigenvalue weighted by Crippen LogP contribution is 2.47. The molecule has 0 N–H and O–H groups in total. The van der Waals surface area contributed by atoms with Crippen molar-refractivity contribution in [2.45, 2.75) is 76.7 Å². The number of likely N-dealkylation sites (tertiary alicyclic amines) is 1. The lowest BCUT2D eigenvalue weighted by atomic mass is 9.91. The Morgan fingerprint density at radius 2 is 1.52 bits per heavy atom. The Hall–Kier alpha value is -0.120. The van der Waals surface area contributed by atoms with Crippen molar-refractivity contribution in [3.8, 4) is 0 Å². The normalized spacial score (nSPS) is 46.3. The van der Waals surface area contributed by atoms with Crippen LogP contribution in [-0.4, -0.2) is 60.3 Å². The molecule has 4 rings (SSSR count). The Bertz CT molecular complexity index is 356. The van der Waals surface area contributed by atoms with Crippen LogP contribution in [0.2, 0.25) is 0 Å². The van der Waals surface area contributed by atoms with E-state index in [0.717, 1.165) is 37.0 Å². The molecular weight excluding hydrogens is 260 g/mol. The monoisotopic (exact) mass is 292 g/mol. The number of hydrogen-bond acceptors (Lipinski definition) is 3. The fourth-order valence-corrected chi connectivity index (χ4v) is 5.76. The molecule has 0 unspecified atom stereocenters. The number of morpholine rings is 1. The first-order valence-electron chi connectivity index (χ1n) is 9.32. The molecule has 5 atom stereocenters. The number of rotatable bonds is 2. The van der Waals surface area contributed by atoms with Gasteiger partial charge in [-0.3, -0.25) is 9.80 Å². The third kappa shape index (κ3) is 2.89. The summed E-state index contributed by atoms with van der Waals surface area (Å²) in [6.07, 6.45) is 9.70. The summed E-state index contributed by atoms with van der Waals surface area (Å²) in [4.78, 5) is 5.57. The van der Waals surface area contributed by atoms with E-state index >= 15 is 0 Å². The second-order valence-electron chi connectivity index (χ2n) is 8.22. The zero-order chi connectivity index (χ0) is 14.4. The maximum atomic E-state index is 5.89. The van der Waals surface area contributed by atoms with Crippen molar-refractivity contribution < 1.29 is 4.74 Å². The first-order valence-corrected chi connectivity index (χ1v) is 9.32. The Morgan fingerprint density at radius 1 is 0.810 bits per heavy atom. The maximum Gasteiger partial charge on any atom is 0.0678 e. The van der Waals surface area contributed by atoms with E-state index in [9.17, 15) is 0 Å². The van der Waals surface area contributed by atoms with Gasteiger partial charge in [0.1, 0.15) is 0 Å². The summed E-state index contributed by atoms with van der Waals surface area (Å²) >= 11 is 0. The summed E-state index contributed by atoms with van der Waals surface area (Å²) in [6, 6.07) is 1.76. The van der Waals surface area contributed by atoms with Crippen LogP contribution in [0.25, 0.3) is 0 Å². The fourth-order valence-electron chi connectivity index (χ4n) is 5.76. The molecule has 2 heterocycles. The number of nitrogens with zero attached hydrogens (tertiary/aromatic N) is 2. The minimum atomic E-state index is 0.414. The molecule has 3 heteroatoms. The van der Waals surface area contributed by atoms with Gasteiger partial charge in [-0.05, 0) is 70.9 Å². The van der Waals surface area contributed by atoms with Crippen molar-refractivity contribution in [3.63, 3.8) is 0 Å². The molecule has 120 valence electrons. The highest BCUT2D eigenvalue weighted by Gasteiger charge is 2.43. The molecule has 0 radical (unpaired) electrons. The van der Waals surface area contributed by atoms with E-state index in [-0.39, 0.29) is 0 Å². The first-order chi connectivity index (χ1) is 10.2. The van der Waals surface area contributed by atoms with Gasteiger partial charge >= 0.3 is 0 Å². The Morgan fingerprint density at radius 3 is 2.10 bits per heavy atom. The van der Waals surface area contributed by atoms with Crippen molar-refractivity contribution in [1.82, 2.24) is 9.80 Å². The lowest BCUT2D eigenvalue weighted by Crippen LogP contribution is -2.54. The molecule has 0 spiro atoms. The van der Waals surface area contributed by atoms with Gasteiger partial charge in [0.15, 0.2) is 0 Å². The van der Waals surface area contributed by atoms with Crippen LogP contribution in [0.5, 0.6) is 0 Å². The standard InChI is InChI=1S/C18H32N2O/c1-13-11-20(12-14(2)21-13)17-5-7-19(8-6-17)18-10-15-3-4-16(18)9-15/h13-18H,3-12H2,1-2H3/t13-,14-,15+,16+,18-/m1/s1. The van der Waals surface area contributed by atoms with Gasteiger partial charge < -0.3 is 4.74 Å². The van der Waals surface area contributed by atoms with E-state index in [1.807, 2.05) is 0 Å². The van der Waals surface area contributed by atoms with Crippen molar-refractivity contribution in [3.05, 3.63) is 0 Å². The molecule has 0 aromatic rings. The van der Waals surface area contributed by atoms with Gasteiger partial charge in [-0.25, -0.2) is 0 Å². The van der Waals surface area contributed by atoms with Gasteiger partial charge in [0, 0.05) is 25.2 Å². The molecule has 2 aliphatic heterocycles. The minimum Gasteiger partial charge on any atom is -0.373 e. The predicted molar refractivity (Wildman–Crippen MR) is 85.4 cm³/mol. The predicted octanol–water partition coefficient (Wildman–Crippen LogP) is 2.75. The van der Waals surface area contributed by atoms with Crippen molar-refractivity contribution in [2.24, 2.45) is 11.8 Å². The van der Waals surface area contributed by atoms with Crippen LogP contribution in [0.15, 0.2) is 0 Å². The van der Waals surface area contributed by atoms with Gasteiger partial charge in [0.2, 0.25) is 0 Å². The van der Waals surface area contributed by atoms with Crippen LogP contribution < -0.4 is 0 Å². The highest BCUT2D eigenvalue weighted by atomic mass is 16.5. The quantitative estimate of drug-likeness (QED) is 0.778. The Kier molecular flexibility index (Phi) is 4.01. The van der Waals surface area contributed by atoms with Crippen molar-refractivity contribution in [1.29, 1.82) is 0 Å². The molecule has 2 saturated carbocycles. The molecule has 0 aromatic carbocycles. The van der Waals surface area contributed by atoms with E-state index in [1.54, 1.807) is 6.42 Å². The summed E-state index contributed by atoms with van der Waals surface area (Å²) in [5.41, 5.74) is 0. The van der Waals surface area contributed by atoms with Crippen LogP contribution >= 0.6 is 0 Å². The highest BCUT2D eigenvalue weighted by molar-refractivity contribution is 4.97. The number of hydrogen-bond donors (Lipinski definition) is 0. The largest absolute Gasteiger partial charge is 0.373 e. The zero-order valence-electron chi connectivity index (χ0n) is 13.8. The van der Waals surface area contributed by atoms with Crippen molar-refractivity contribution >= 4 is 0 Å². The number of fused-ring (bicyclic) bond motifs is 2. The molecule has 2 aliphatic carbocycles. The molecule has 4 aliphatic rings. The van der Waals surface area contributed by atoms with Gasteiger partial charge in [0.25, 0.3) is 0 Å². The summed E-state index contributed by atoms with van der Waals surface area (Å²) in [6.45, 7) is 9.43. The second-order valence-corrected chi connectivity index (χ2v) is 8.22. The number of ether oxygens (including phenoxy) is 1. The summed E-state index contributed by atoms with van der Waals surface area (Å²) < 4.78 is 5.89. The van der Waals surface area contributed by atoms with Crippen LogP contribution in [0.1, 0.15) is 52.4 Å². The van der Waals surface area contributed by atoms with Crippen LogP contribution in [-0.2, 0) is 4.74 Å². The fraction of sp³-hybridized carbons (Fsp3) is 1.00. The second kappa shape index (κ2) is 5.82. The maximum absolute atomic E-state index is 5.89. The van der Waals surface area contributed by atoms with Crippen LogP contribution in [0.4, 0.5) is 0 Å². The third-order valence-corrected chi connectivity index (χ3v) is 6.63. The van der Waals surface area contributed by atoms with E-state index in [4.69, 9.17) is 4.74 Å². The summed E-state index contributed by atoms with van der Waals surface area (Å²) in [5, 5.41) is 0. The molecule has 2 bridgehead atoms. The zero-order valence-corrected chi connectivity index (χ0v) is 13.8. The molecular formula is C18H32N2O. The molecule has 21 heavy (non-hydrogen) atoms. The smallest absolute Gasteiger partial charge is 0.0678 e. The van der Waals surface area contributed by atoms with Gasteiger partial charge in [0.05, 0.1) is 12.2 Å². The Labute approximate surface area is 130 Å². The molecule has 0 amide bonds. The summed E-state index contributed by atoms with van der Waals surface area (Å²) in [7, 11) is 0. The van der Waals surface area contributed by atoms with Gasteiger partial charge in [-0.1, -0.05) is 6.42 Å². The lowest BCUT2D eigenvalue weighted by Gasteiger charge is -2.45. The molecule has 0 aromatic heterocycles. The van der Waals surface area contributed by atoms with Crippen molar-refractivity contribution in [2.75, 3.05) is 26.2 Å². The van der Waals surface area contributed by atoms with Crippen LogP contribution in [0, 0.1) is 11.8 Å². The first kappa shape index (κ1) is 14.5. The van der Waals surface area contributed by atoms with E-state index in [2.05, 4.69) is 23.6 Å². The van der Waals surface area contributed by atoms with E-state index in [0.29, 0.717) is 12.2 Å². The minimum absolute atomic E-state index is 0.414. The van der Waals surface area contributed by atoms with Gasteiger partial charge in [-0.15, -0.1) is 0 Å². The third-order valence-electron chi connectivity index (χ3n) is 6.63. The van der Waals surface area contributed by atoms with E-state index in [1.165, 1.54) is 45.2 Å². The molecule has 4 fully saturated rings.